The number of carbonyl (C=O) groups is 2. The Hall–Kier alpha value is -2.48. The fourth-order valence-electron chi connectivity index (χ4n) is 3.49. The number of thiophene rings is 1. The molecule has 0 aliphatic carbocycles. The average Bonchev–Trinajstić information content (AvgIpc) is 3.22. The molecule has 0 unspecified atom stereocenters. The average molecular weight is 530 g/mol. The lowest BCUT2D eigenvalue weighted by atomic mass is 10.1. The summed E-state index contributed by atoms with van der Waals surface area (Å²) in [5.74, 6) is -0.236. The Bertz CT molecular complexity index is 1050. The molecule has 3 aromatic rings. The molecule has 0 N–H and O–H groups in total. The summed E-state index contributed by atoms with van der Waals surface area (Å²) in [6.07, 6.45) is 0.659. The van der Waals surface area contributed by atoms with Crippen LogP contribution in [0.1, 0.15) is 32.8 Å². The number of nitrogens with zero attached hydrogens (tertiary/aromatic N) is 2. The van der Waals surface area contributed by atoms with Gasteiger partial charge in [0.25, 0.3) is 5.91 Å². The first-order chi connectivity index (χ1) is 16.0. The first-order valence-electron chi connectivity index (χ1n) is 10.9. The summed E-state index contributed by atoms with van der Waals surface area (Å²) in [5.41, 5.74) is 2.79. The summed E-state index contributed by atoms with van der Waals surface area (Å²) in [6, 6.07) is 19.3. The monoisotopic (exact) mass is 528 g/mol. The molecule has 1 aromatic heterocycles. The van der Waals surface area contributed by atoms with Gasteiger partial charge in [-0.2, -0.15) is 0 Å². The fraction of sp³-hybridized carbons (Fsp3) is 0.308. The summed E-state index contributed by atoms with van der Waals surface area (Å²) in [6.45, 7) is 4.07. The highest BCUT2D eigenvalue weighted by Crippen LogP contribution is 2.20. The summed E-state index contributed by atoms with van der Waals surface area (Å²) >= 11 is 5.08. The minimum Gasteiger partial charge on any atom is -0.385 e. The van der Waals surface area contributed by atoms with Gasteiger partial charge in [0.05, 0.1) is 6.54 Å². The van der Waals surface area contributed by atoms with E-state index in [1.165, 1.54) is 5.56 Å². The summed E-state index contributed by atoms with van der Waals surface area (Å²) in [7, 11) is 1.64. The first kappa shape index (κ1) is 25.1. The zero-order chi connectivity index (χ0) is 23.6. The van der Waals surface area contributed by atoms with E-state index in [0.29, 0.717) is 38.2 Å². The van der Waals surface area contributed by atoms with Gasteiger partial charge in [-0.15, -0.1) is 11.3 Å². The van der Waals surface area contributed by atoms with Gasteiger partial charge in [0.15, 0.2) is 0 Å². The van der Waals surface area contributed by atoms with Crippen LogP contribution in [0.5, 0.6) is 0 Å². The van der Waals surface area contributed by atoms with Crippen molar-refractivity contribution in [2.75, 3.05) is 26.8 Å². The number of amides is 2. The van der Waals surface area contributed by atoms with E-state index >= 15 is 0 Å². The Labute approximate surface area is 208 Å². The third-order valence-corrected chi connectivity index (χ3v) is 6.83. The maximum Gasteiger partial charge on any atom is 0.254 e. The molecule has 7 heteroatoms. The second-order valence-corrected chi connectivity index (χ2v) is 9.76. The molecule has 174 valence electrons. The molecular weight excluding hydrogens is 500 g/mol. The lowest BCUT2D eigenvalue weighted by Crippen LogP contribution is -2.43. The Morgan fingerprint density at radius 2 is 1.79 bits per heavy atom. The van der Waals surface area contributed by atoms with Crippen molar-refractivity contribution in [3.63, 3.8) is 0 Å². The highest BCUT2D eigenvalue weighted by Gasteiger charge is 2.23. The molecule has 0 aliphatic rings. The van der Waals surface area contributed by atoms with Gasteiger partial charge in [0.1, 0.15) is 6.54 Å². The SMILES string of the molecule is COCCCN(CC(=O)N(Cc1ccccc1)Cc1sccc1C)C(=O)c1cccc(Br)c1. The zero-order valence-electron chi connectivity index (χ0n) is 19.0. The molecule has 33 heavy (non-hydrogen) atoms. The van der Waals surface area contributed by atoms with Crippen molar-refractivity contribution in [1.29, 1.82) is 0 Å². The van der Waals surface area contributed by atoms with E-state index < -0.39 is 0 Å². The molecule has 0 radical (unpaired) electrons. The lowest BCUT2D eigenvalue weighted by Gasteiger charge is -2.28. The molecule has 3 rings (SSSR count). The predicted molar refractivity (Wildman–Crippen MR) is 136 cm³/mol. The Kier molecular flexibility index (Phi) is 9.66. The molecular formula is C26H29BrN2O3S. The Morgan fingerprint density at radius 3 is 2.45 bits per heavy atom. The van der Waals surface area contributed by atoms with Gasteiger partial charge in [0.2, 0.25) is 5.91 Å². The molecule has 2 amide bonds. The van der Waals surface area contributed by atoms with Crippen molar-refractivity contribution < 1.29 is 14.3 Å². The van der Waals surface area contributed by atoms with Crippen LogP contribution in [0.3, 0.4) is 0 Å². The van der Waals surface area contributed by atoms with Crippen LogP contribution < -0.4 is 0 Å². The van der Waals surface area contributed by atoms with E-state index in [9.17, 15) is 9.59 Å². The minimum atomic E-state index is -0.160. The van der Waals surface area contributed by atoms with Crippen LogP contribution in [-0.2, 0) is 22.6 Å². The standard InChI is InChI=1S/C26H29BrN2O3S/c1-20-12-15-33-24(20)18-29(17-21-8-4-3-5-9-21)25(30)19-28(13-7-14-32-2)26(31)22-10-6-11-23(27)16-22/h3-6,8-12,15-16H,7,13-14,17-19H2,1-2H3. The number of rotatable bonds is 11. The number of benzene rings is 2. The molecule has 0 bridgehead atoms. The van der Waals surface area contributed by atoms with Gasteiger partial charge in [-0.3, -0.25) is 9.59 Å². The van der Waals surface area contributed by atoms with Crippen LogP contribution in [0.4, 0.5) is 0 Å². The number of hydrogen-bond acceptors (Lipinski definition) is 4. The minimum absolute atomic E-state index is 0.0202. The van der Waals surface area contributed by atoms with Crippen LogP contribution in [0, 0.1) is 6.92 Å². The summed E-state index contributed by atoms with van der Waals surface area (Å²) in [5, 5.41) is 2.05. The molecule has 1 heterocycles. The molecule has 0 fully saturated rings. The topological polar surface area (TPSA) is 49.9 Å². The van der Waals surface area contributed by atoms with Gasteiger partial charge in [0, 0.05) is 41.7 Å². The molecule has 5 nitrogen and oxygen atoms in total. The van der Waals surface area contributed by atoms with Crippen LogP contribution in [0.2, 0.25) is 0 Å². The summed E-state index contributed by atoms with van der Waals surface area (Å²) < 4.78 is 6.00. The molecule has 0 aliphatic heterocycles. The number of carbonyl (C=O) groups excluding carboxylic acids is 2. The Morgan fingerprint density at radius 1 is 1.00 bits per heavy atom. The number of halogens is 1. The normalized spacial score (nSPS) is 10.8. The van der Waals surface area contributed by atoms with E-state index in [0.717, 1.165) is 14.9 Å². The van der Waals surface area contributed by atoms with Crippen molar-refractivity contribution in [1.82, 2.24) is 9.80 Å². The molecule has 0 atom stereocenters. The maximum absolute atomic E-state index is 13.5. The lowest BCUT2D eigenvalue weighted by molar-refractivity contribution is -0.133. The van der Waals surface area contributed by atoms with Crippen LogP contribution in [-0.4, -0.2) is 48.4 Å². The smallest absolute Gasteiger partial charge is 0.254 e. The molecule has 0 spiro atoms. The highest BCUT2D eigenvalue weighted by molar-refractivity contribution is 9.10. The van der Waals surface area contributed by atoms with Gasteiger partial charge in [-0.25, -0.2) is 0 Å². The zero-order valence-corrected chi connectivity index (χ0v) is 21.4. The van der Waals surface area contributed by atoms with Crippen molar-refractivity contribution in [2.45, 2.75) is 26.4 Å². The second kappa shape index (κ2) is 12.7. The van der Waals surface area contributed by atoms with Crippen molar-refractivity contribution in [3.8, 4) is 0 Å². The largest absolute Gasteiger partial charge is 0.385 e. The van der Waals surface area contributed by atoms with E-state index in [1.807, 2.05) is 52.7 Å². The second-order valence-electron chi connectivity index (χ2n) is 7.85. The van der Waals surface area contributed by atoms with Gasteiger partial charge < -0.3 is 14.5 Å². The fourth-order valence-corrected chi connectivity index (χ4v) is 4.81. The molecule has 0 saturated heterocycles. The van der Waals surface area contributed by atoms with Crippen LogP contribution in [0.15, 0.2) is 70.5 Å². The summed E-state index contributed by atoms with van der Waals surface area (Å²) in [4.78, 5) is 31.4. The number of aryl methyl sites for hydroxylation is 1. The first-order valence-corrected chi connectivity index (χ1v) is 12.5. The van der Waals surface area contributed by atoms with Gasteiger partial charge >= 0.3 is 0 Å². The van der Waals surface area contributed by atoms with Crippen molar-refractivity contribution >= 4 is 39.1 Å². The number of methoxy groups -OCH3 is 1. The predicted octanol–water partition coefficient (Wildman–Crippen LogP) is 5.53. The van der Waals surface area contributed by atoms with Crippen molar-refractivity contribution in [2.24, 2.45) is 0 Å². The van der Waals surface area contributed by atoms with E-state index in [1.54, 1.807) is 35.5 Å². The quantitative estimate of drug-likeness (QED) is 0.307. The van der Waals surface area contributed by atoms with Crippen LogP contribution >= 0.6 is 27.3 Å². The van der Waals surface area contributed by atoms with Gasteiger partial charge in [-0.05, 0) is 54.1 Å². The van der Waals surface area contributed by atoms with Crippen LogP contribution in [0.25, 0.3) is 0 Å². The third kappa shape index (κ3) is 7.52. The van der Waals surface area contributed by atoms with E-state index in [4.69, 9.17) is 4.74 Å². The molecule has 0 saturated carbocycles. The maximum atomic E-state index is 13.5. The number of hydrogen-bond donors (Lipinski definition) is 0. The molecule has 2 aromatic carbocycles. The van der Waals surface area contributed by atoms with Gasteiger partial charge in [-0.1, -0.05) is 52.3 Å². The number of ether oxygens (including phenoxy) is 1. The van der Waals surface area contributed by atoms with E-state index in [2.05, 4.69) is 28.9 Å². The third-order valence-electron chi connectivity index (χ3n) is 5.33. The van der Waals surface area contributed by atoms with E-state index in [-0.39, 0.29) is 18.4 Å². The van der Waals surface area contributed by atoms with Crippen molar-refractivity contribution in [3.05, 3.63) is 92.1 Å². The highest BCUT2D eigenvalue weighted by atomic mass is 79.9. The Balaban J connectivity index is 1.81.